The first-order chi connectivity index (χ1) is 9.80. The molecule has 0 aromatic carbocycles. The normalized spacial score (nSPS) is 17.3. The lowest BCUT2D eigenvalue weighted by atomic mass is 10.1. The summed E-state index contributed by atoms with van der Waals surface area (Å²) in [6.45, 7) is 7.52. The summed E-state index contributed by atoms with van der Waals surface area (Å²) >= 11 is 3.22. The molecule has 1 N–H and O–H groups in total. The highest BCUT2D eigenvalue weighted by Crippen LogP contribution is 2.30. The molecule has 0 atom stereocenters. The highest BCUT2D eigenvalue weighted by Gasteiger charge is 2.30. The number of rotatable bonds is 5. The summed E-state index contributed by atoms with van der Waals surface area (Å²) in [5.74, 6) is 0.609. The molecule has 1 aromatic heterocycles. The average molecular weight is 377 g/mol. The second-order valence-corrected chi connectivity index (χ2v) is 8.18. The van der Waals surface area contributed by atoms with Gasteiger partial charge < -0.3 is 9.73 Å². The molecule has 1 aliphatic rings. The minimum Gasteiger partial charge on any atom is -0.452 e. The van der Waals surface area contributed by atoms with Gasteiger partial charge in [-0.2, -0.15) is 4.31 Å². The van der Waals surface area contributed by atoms with Crippen LogP contribution in [0.2, 0.25) is 0 Å². The number of halogens is 1. The van der Waals surface area contributed by atoms with E-state index in [-0.39, 0.29) is 9.56 Å². The van der Waals surface area contributed by atoms with Gasteiger partial charge in [-0.1, -0.05) is 25.5 Å². The second kappa shape index (κ2) is 6.64. The van der Waals surface area contributed by atoms with E-state index in [1.807, 2.05) is 26.8 Å². The molecule has 0 aliphatic carbocycles. The van der Waals surface area contributed by atoms with Gasteiger partial charge in [-0.15, -0.1) is 0 Å². The molecule has 2 heterocycles. The first-order valence-corrected chi connectivity index (χ1v) is 9.21. The monoisotopic (exact) mass is 376 g/mol. The summed E-state index contributed by atoms with van der Waals surface area (Å²) in [6, 6.07) is 1.91. The van der Waals surface area contributed by atoms with E-state index >= 15 is 0 Å². The van der Waals surface area contributed by atoms with Crippen molar-refractivity contribution in [1.82, 2.24) is 9.62 Å². The van der Waals surface area contributed by atoms with Crippen LogP contribution in [0.3, 0.4) is 0 Å². The SMILES string of the molecule is CC1=CCN(S(=O)(=O)c2cc(CNC(C)C)oc2Br)CC1. The van der Waals surface area contributed by atoms with Crippen molar-refractivity contribution in [3.8, 4) is 0 Å². The Hall–Kier alpha value is -0.630. The lowest BCUT2D eigenvalue weighted by Crippen LogP contribution is -2.34. The van der Waals surface area contributed by atoms with Crippen LogP contribution < -0.4 is 5.32 Å². The van der Waals surface area contributed by atoms with E-state index in [4.69, 9.17) is 4.42 Å². The Labute approximate surface area is 134 Å². The molecular weight excluding hydrogens is 356 g/mol. The fraction of sp³-hybridized carbons (Fsp3) is 0.571. The van der Waals surface area contributed by atoms with Gasteiger partial charge in [0.2, 0.25) is 10.0 Å². The molecule has 0 fully saturated rings. The first kappa shape index (κ1) is 16.7. The van der Waals surface area contributed by atoms with E-state index < -0.39 is 10.0 Å². The van der Waals surface area contributed by atoms with E-state index in [1.165, 1.54) is 9.88 Å². The highest BCUT2D eigenvalue weighted by molar-refractivity contribution is 9.10. The quantitative estimate of drug-likeness (QED) is 0.802. The number of furan rings is 1. The second-order valence-electron chi connectivity index (χ2n) is 5.55. The van der Waals surface area contributed by atoms with Crippen molar-refractivity contribution < 1.29 is 12.8 Å². The Kier molecular flexibility index (Phi) is 5.29. The lowest BCUT2D eigenvalue weighted by molar-refractivity contribution is 0.425. The third kappa shape index (κ3) is 3.97. The molecular formula is C14H21BrN2O3S. The minimum atomic E-state index is -3.51. The van der Waals surface area contributed by atoms with Crippen LogP contribution in [0.1, 0.15) is 33.0 Å². The maximum absolute atomic E-state index is 12.7. The molecule has 2 rings (SSSR count). The van der Waals surface area contributed by atoms with Gasteiger partial charge >= 0.3 is 0 Å². The molecule has 7 heteroatoms. The highest BCUT2D eigenvalue weighted by atomic mass is 79.9. The Morgan fingerprint density at radius 2 is 2.19 bits per heavy atom. The third-order valence-corrected chi connectivity index (χ3v) is 6.13. The van der Waals surface area contributed by atoms with Gasteiger partial charge in [0.15, 0.2) is 4.67 Å². The number of nitrogens with one attached hydrogen (secondary N) is 1. The van der Waals surface area contributed by atoms with Crippen molar-refractivity contribution in [2.75, 3.05) is 13.1 Å². The summed E-state index contributed by atoms with van der Waals surface area (Å²) in [4.78, 5) is 0.205. The maximum atomic E-state index is 12.7. The molecule has 0 saturated carbocycles. The zero-order chi connectivity index (χ0) is 15.6. The number of nitrogens with zero attached hydrogens (tertiary/aromatic N) is 1. The predicted octanol–water partition coefficient (Wildman–Crippen LogP) is 2.88. The van der Waals surface area contributed by atoms with Crippen LogP contribution in [-0.2, 0) is 16.6 Å². The first-order valence-electron chi connectivity index (χ1n) is 6.98. The Bertz CT molecular complexity index is 635. The maximum Gasteiger partial charge on any atom is 0.247 e. The van der Waals surface area contributed by atoms with Crippen LogP contribution in [0, 0.1) is 0 Å². The summed E-state index contributed by atoms with van der Waals surface area (Å²) in [7, 11) is -3.51. The Morgan fingerprint density at radius 3 is 2.76 bits per heavy atom. The molecule has 0 saturated heterocycles. The number of hydrogen-bond donors (Lipinski definition) is 1. The summed E-state index contributed by atoms with van der Waals surface area (Å²) in [5.41, 5.74) is 1.23. The topological polar surface area (TPSA) is 62.6 Å². The van der Waals surface area contributed by atoms with E-state index in [0.717, 1.165) is 6.42 Å². The molecule has 0 amide bonds. The van der Waals surface area contributed by atoms with E-state index in [1.54, 1.807) is 6.07 Å². The van der Waals surface area contributed by atoms with Crippen molar-refractivity contribution in [2.45, 2.75) is 44.7 Å². The molecule has 0 spiro atoms. The smallest absolute Gasteiger partial charge is 0.247 e. The van der Waals surface area contributed by atoms with Crippen molar-refractivity contribution in [3.05, 3.63) is 28.1 Å². The number of sulfonamides is 1. The standard InChI is InChI=1S/C14H21BrN2O3S/c1-10(2)16-9-12-8-13(14(15)20-12)21(18,19)17-6-4-11(3)5-7-17/h4,8,10,16H,5-7,9H2,1-3H3. The molecule has 0 radical (unpaired) electrons. The fourth-order valence-electron chi connectivity index (χ4n) is 2.07. The predicted molar refractivity (Wildman–Crippen MR) is 85.5 cm³/mol. The molecule has 118 valence electrons. The summed E-state index contributed by atoms with van der Waals surface area (Å²) in [6.07, 6.45) is 2.73. The minimum absolute atomic E-state index is 0.205. The lowest BCUT2D eigenvalue weighted by Gasteiger charge is -2.24. The van der Waals surface area contributed by atoms with Gasteiger partial charge in [0.25, 0.3) is 0 Å². The van der Waals surface area contributed by atoms with Crippen LogP contribution in [0.4, 0.5) is 0 Å². The third-order valence-electron chi connectivity index (χ3n) is 3.41. The summed E-state index contributed by atoms with van der Waals surface area (Å²) < 4.78 is 32.6. The fourth-order valence-corrected chi connectivity index (χ4v) is 4.42. The zero-order valence-corrected chi connectivity index (χ0v) is 14.9. The van der Waals surface area contributed by atoms with Crippen LogP contribution >= 0.6 is 15.9 Å². The van der Waals surface area contributed by atoms with E-state index in [9.17, 15) is 8.42 Å². The largest absolute Gasteiger partial charge is 0.452 e. The molecule has 21 heavy (non-hydrogen) atoms. The zero-order valence-electron chi connectivity index (χ0n) is 12.5. The average Bonchev–Trinajstić information content (AvgIpc) is 2.79. The number of hydrogen-bond acceptors (Lipinski definition) is 4. The van der Waals surface area contributed by atoms with Gasteiger partial charge in [0, 0.05) is 25.2 Å². The van der Waals surface area contributed by atoms with Gasteiger partial charge in [-0.3, -0.25) is 0 Å². The van der Waals surface area contributed by atoms with E-state index in [2.05, 4.69) is 21.2 Å². The molecule has 5 nitrogen and oxygen atoms in total. The molecule has 0 bridgehead atoms. The van der Waals surface area contributed by atoms with E-state index in [0.29, 0.717) is 31.4 Å². The Balaban J connectivity index is 2.20. The van der Waals surface area contributed by atoms with Crippen molar-refractivity contribution in [2.24, 2.45) is 0 Å². The van der Waals surface area contributed by atoms with Crippen molar-refractivity contribution in [3.63, 3.8) is 0 Å². The van der Waals surface area contributed by atoms with Crippen LogP contribution in [0.25, 0.3) is 0 Å². The van der Waals surface area contributed by atoms with Crippen LogP contribution in [0.5, 0.6) is 0 Å². The van der Waals surface area contributed by atoms with Gasteiger partial charge in [-0.25, -0.2) is 8.42 Å². The van der Waals surface area contributed by atoms with Gasteiger partial charge in [0.05, 0.1) is 6.54 Å². The molecule has 0 unspecified atom stereocenters. The molecule has 1 aromatic rings. The van der Waals surface area contributed by atoms with Gasteiger partial charge in [-0.05, 0) is 29.3 Å². The molecule has 1 aliphatic heterocycles. The Morgan fingerprint density at radius 1 is 1.48 bits per heavy atom. The van der Waals surface area contributed by atoms with Crippen molar-refractivity contribution in [1.29, 1.82) is 0 Å². The summed E-state index contributed by atoms with van der Waals surface area (Å²) in [5, 5.41) is 3.21. The van der Waals surface area contributed by atoms with Crippen LogP contribution in [-0.4, -0.2) is 31.9 Å². The van der Waals surface area contributed by atoms with Gasteiger partial charge in [0.1, 0.15) is 10.7 Å². The van der Waals surface area contributed by atoms with Crippen LogP contribution in [0.15, 0.2) is 31.7 Å². The van der Waals surface area contributed by atoms with Crippen molar-refractivity contribution >= 4 is 26.0 Å².